The fraction of sp³-hybridized carbons (Fsp3) is 0.0488. The Morgan fingerprint density at radius 2 is 1.27 bits per heavy atom. The quantitative estimate of drug-likeness (QED) is 0.125. The molecule has 0 saturated heterocycles. The van der Waals surface area contributed by atoms with Gasteiger partial charge in [0.1, 0.15) is 5.69 Å². The zero-order chi connectivity index (χ0) is 30.2. The molecule has 0 aliphatic heterocycles. The molecule has 4 nitrogen and oxygen atoms in total. The first kappa shape index (κ1) is 26.7. The molecular formula is C41H30N4. The minimum absolute atomic E-state index is 0.0277. The van der Waals surface area contributed by atoms with Crippen molar-refractivity contribution in [2.24, 2.45) is 10.2 Å². The first-order valence-electron chi connectivity index (χ1n) is 15.2. The van der Waals surface area contributed by atoms with E-state index in [1.165, 1.54) is 49.0 Å². The van der Waals surface area contributed by atoms with E-state index >= 15 is 0 Å². The summed E-state index contributed by atoms with van der Waals surface area (Å²) < 4.78 is 0. The molecule has 6 aromatic carbocycles. The summed E-state index contributed by atoms with van der Waals surface area (Å²) in [6.45, 7) is 0. The van der Waals surface area contributed by atoms with Crippen molar-refractivity contribution in [3.8, 4) is 22.3 Å². The summed E-state index contributed by atoms with van der Waals surface area (Å²) in [4.78, 5) is 4.22. The van der Waals surface area contributed by atoms with E-state index in [4.69, 9.17) is 5.73 Å². The van der Waals surface area contributed by atoms with Crippen molar-refractivity contribution in [1.82, 2.24) is 4.98 Å². The van der Waals surface area contributed by atoms with Gasteiger partial charge in [-0.1, -0.05) is 115 Å². The van der Waals surface area contributed by atoms with Gasteiger partial charge in [0.25, 0.3) is 0 Å². The highest BCUT2D eigenvalue weighted by molar-refractivity contribution is 6.21. The third-order valence-electron chi connectivity index (χ3n) is 8.67. The lowest BCUT2D eigenvalue weighted by atomic mass is 9.85. The maximum absolute atomic E-state index is 6.64. The van der Waals surface area contributed by atoms with Crippen molar-refractivity contribution in [1.29, 1.82) is 0 Å². The van der Waals surface area contributed by atoms with E-state index < -0.39 is 0 Å². The van der Waals surface area contributed by atoms with E-state index in [-0.39, 0.29) is 6.04 Å². The van der Waals surface area contributed by atoms with Crippen molar-refractivity contribution >= 4 is 49.3 Å². The lowest BCUT2D eigenvalue weighted by Gasteiger charge is -2.18. The van der Waals surface area contributed by atoms with Crippen molar-refractivity contribution < 1.29 is 0 Å². The van der Waals surface area contributed by atoms with E-state index in [1.807, 2.05) is 24.4 Å². The van der Waals surface area contributed by atoms with E-state index in [0.717, 1.165) is 23.1 Å². The summed E-state index contributed by atoms with van der Waals surface area (Å²) in [5.74, 6) is 0. The van der Waals surface area contributed by atoms with Gasteiger partial charge in [-0.25, -0.2) is 0 Å². The molecule has 214 valence electrons. The Labute approximate surface area is 261 Å². The number of hydrogen-bond donors (Lipinski definition) is 1. The first-order valence-corrected chi connectivity index (χ1v) is 15.2. The first-order chi connectivity index (χ1) is 22.2. The van der Waals surface area contributed by atoms with Gasteiger partial charge >= 0.3 is 0 Å². The Kier molecular flexibility index (Phi) is 6.73. The Morgan fingerprint density at radius 3 is 1.89 bits per heavy atom. The Bertz CT molecular complexity index is 2260. The molecule has 0 saturated carbocycles. The number of nitrogens with zero attached hydrogens (tertiary/aromatic N) is 3. The number of rotatable bonds is 5. The number of anilines is 1. The van der Waals surface area contributed by atoms with Gasteiger partial charge < -0.3 is 5.73 Å². The van der Waals surface area contributed by atoms with Gasteiger partial charge in [-0.3, -0.25) is 4.98 Å². The smallest absolute Gasteiger partial charge is 0.108 e. The molecule has 1 aromatic heterocycles. The molecule has 1 aliphatic rings. The summed E-state index contributed by atoms with van der Waals surface area (Å²) in [6, 6.07) is 42.8. The summed E-state index contributed by atoms with van der Waals surface area (Å²) in [7, 11) is 0. The van der Waals surface area contributed by atoms with Crippen LogP contribution in [0.2, 0.25) is 0 Å². The maximum atomic E-state index is 6.64. The standard InChI is InChI=1S/C41H30N4/c42-38-25-31(19-22-39(38)45-44-33-20-17-28(18-21-33)32-10-7-23-43-26-32)41-36-13-5-3-11-34(36)40(35-12-4-6-14-37(35)41)30-16-15-27-8-1-2-9-29(27)24-30/h1-20,22-26,33H,21,42H2. The predicted molar refractivity (Wildman–Crippen MR) is 189 cm³/mol. The normalized spacial score (nSPS) is 14.8. The zero-order valence-electron chi connectivity index (χ0n) is 24.6. The minimum Gasteiger partial charge on any atom is -0.397 e. The van der Waals surface area contributed by atoms with Crippen LogP contribution < -0.4 is 5.73 Å². The summed E-state index contributed by atoms with van der Waals surface area (Å²) in [5, 5.41) is 16.5. The minimum atomic E-state index is -0.0277. The molecule has 45 heavy (non-hydrogen) atoms. The number of fused-ring (bicyclic) bond motifs is 3. The second-order valence-electron chi connectivity index (χ2n) is 11.5. The van der Waals surface area contributed by atoms with Gasteiger partial charge in [0.15, 0.2) is 0 Å². The van der Waals surface area contributed by atoms with Gasteiger partial charge in [-0.15, -0.1) is 0 Å². The Balaban J connectivity index is 1.17. The number of benzene rings is 6. The van der Waals surface area contributed by atoms with Gasteiger partial charge in [0.2, 0.25) is 0 Å². The topological polar surface area (TPSA) is 63.6 Å². The SMILES string of the molecule is Nc1cc(-c2c3ccccc3c(-c3ccc4ccccc4c3)c3ccccc23)ccc1N=NC1C=CC(c2cccnc2)=CC1. The van der Waals surface area contributed by atoms with Crippen LogP contribution in [-0.2, 0) is 0 Å². The van der Waals surface area contributed by atoms with Crippen LogP contribution >= 0.6 is 0 Å². The lowest BCUT2D eigenvalue weighted by molar-refractivity contribution is 0.778. The molecule has 4 heteroatoms. The molecule has 7 aromatic rings. The third kappa shape index (κ3) is 4.96. The van der Waals surface area contributed by atoms with E-state index in [9.17, 15) is 0 Å². The fourth-order valence-electron chi connectivity index (χ4n) is 6.47. The van der Waals surface area contributed by atoms with Crippen LogP contribution in [0.15, 0.2) is 162 Å². The van der Waals surface area contributed by atoms with Crippen molar-refractivity contribution in [2.45, 2.75) is 12.5 Å². The molecule has 2 N–H and O–H groups in total. The Hall–Kier alpha value is -5.87. The number of allylic oxidation sites excluding steroid dienone is 2. The van der Waals surface area contributed by atoms with Gasteiger partial charge in [-0.05, 0) is 96.4 Å². The number of hydrogen-bond acceptors (Lipinski definition) is 4. The molecule has 1 atom stereocenters. The van der Waals surface area contributed by atoms with E-state index in [0.29, 0.717) is 11.4 Å². The molecule has 1 heterocycles. The molecule has 1 aliphatic carbocycles. The molecule has 0 fully saturated rings. The average molecular weight is 579 g/mol. The summed E-state index contributed by atoms with van der Waals surface area (Å²) >= 11 is 0. The van der Waals surface area contributed by atoms with Crippen LogP contribution in [0, 0.1) is 0 Å². The highest BCUT2D eigenvalue weighted by Crippen LogP contribution is 2.45. The second-order valence-corrected chi connectivity index (χ2v) is 11.5. The highest BCUT2D eigenvalue weighted by Gasteiger charge is 2.17. The van der Waals surface area contributed by atoms with Crippen molar-refractivity contribution in [3.63, 3.8) is 0 Å². The largest absolute Gasteiger partial charge is 0.397 e. The van der Waals surface area contributed by atoms with Crippen molar-refractivity contribution in [3.05, 3.63) is 158 Å². The van der Waals surface area contributed by atoms with Crippen LogP contribution in [0.3, 0.4) is 0 Å². The summed E-state index contributed by atoms with van der Waals surface area (Å²) in [6.07, 6.45) is 10.8. The molecule has 1 unspecified atom stereocenters. The second kappa shape index (κ2) is 11.3. The number of nitrogens with two attached hydrogens (primary N) is 1. The summed E-state index contributed by atoms with van der Waals surface area (Å²) in [5.41, 5.74) is 14.9. The monoisotopic (exact) mass is 578 g/mol. The van der Waals surface area contributed by atoms with Crippen molar-refractivity contribution in [2.75, 3.05) is 5.73 Å². The van der Waals surface area contributed by atoms with Gasteiger partial charge in [-0.2, -0.15) is 10.2 Å². The molecule has 8 rings (SSSR count). The maximum Gasteiger partial charge on any atom is 0.108 e. The number of aromatic nitrogens is 1. The van der Waals surface area contributed by atoms with Gasteiger partial charge in [0, 0.05) is 12.4 Å². The van der Waals surface area contributed by atoms with E-state index in [2.05, 4.69) is 137 Å². The molecular weight excluding hydrogens is 548 g/mol. The molecule has 0 bridgehead atoms. The highest BCUT2D eigenvalue weighted by atomic mass is 15.1. The number of azo groups is 1. The number of pyridine rings is 1. The van der Waals surface area contributed by atoms with Crippen LogP contribution in [0.1, 0.15) is 12.0 Å². The molecule has 0 radical (unpaired) electrons. The molecule has 0 spiro atoms. The third-order valence-corrected chi connectivity index (χ3v) is 8.67. The lowest BCUT2D eigenvalue weighted by Crippen LogP contribution is -2.02. The van der Waals surface area contributed by atoms with Crippen LogP contribution in [0.4, 0.5) is 11.4 Å². The molecule has 0 amide bonds. The fourth-order valence-corrected chi connectivity index (χ4v) is 6.47. The average Bonchev–Trinajstić information content (AvgIpc) is 3.10. The number of nitrogen functional groups attached to an aromatic ring is 1. The van der Waals surface area contributed by atoms with E-state index in [1.54, 1.807) is 6.20 Å². The van der Waals surface area contributed by atoms with Crippen LogP contribution in [0.5, 0.6) is 0 Å². The predicted octanol–water partition coefficient (Wildman–Crippen LogP) is 11.0. The van der Waals surface area contributed by atoms with Crippen LogP contribution in [-0.4, -0.2) is 11.0 Å². The Morgan fingerprint density at radius 1 is 0.622 bits per heavy atom. The van der Waals surface area contributed by atoms with Gasteiger partial charge in [0.05, 0.1) is 11.7 Å². The zero-order valence-corrected chi connectivity index (χ0v) is 24.6. The van der Waals surface area contributed by atoms with Crippen LogP contribution in [0.25, 0.3) is 60.1 Å².